The second kappa shape index (κ2) is 8.78. The minimum absolute atomic E-state index is 0.0808. The molecule has 0 bridgehead atoms. The van der Waals surface area contributed by atoms with Crippen molar-refractivity contribution in [1.82, 2.24) is 19.6 Å². The molecule has 0 aliphatic carbocycles. The molecule has 1 N–H and O–H groups in total. The summed E-state index contributed by atoms with van der Waals surface area (Å²) in [7, 11) is 0. The number of aromatic nitrogens is 3. The largest absolute Gasteiger partial charge is 0.392 e. The number of ether oxygens (including phenoxy) is 1. The minimum Gasteiger partial charge on any atom is -0.392 e. The van der Waals surface area contributed by atoms with Gasteiger partial charge in [-0.25, -0.2) is 9.37 Å². The first-order valence-electron chi connectivity index (χ1n) is 12.6. The molecule has 38 heavy (non-hydrogen) atoms. The number of aryl methyl sites for hydroxylation is 1. The summed E-state index contributed by atoms with van der Waals surface area (Å²) in [6.45, 7) is 3.70. The molecule has 0 amide bonds. The number of aliphatic hydroxyl groups excluding tert-OH is 1. The fourth-order valence-corrected chi connectivity index (χ4v) is 5.80. The average Bonchev–Trinajstić information content (AvgIpc) is 3.57. The van der Waals surface area contributed by atoms with Crippen LogP contribution in [0.25, 0.3) is 22.7 Å². The van der Waals surface area contributed by atoms with Crippen molar-refractivity contribution in [3.63, 3.8) is 0 Å². The molecule has 5 heterocycles. The Bertz CT molecular complexity index is 1570. The lowest BCUT2D eigenvalue weighted by molar-refractivity contribution is -0.139. The molecule has 194 valence electrons. The van der Waals surface area contributed by atoms with E-state index in [1.54, 1.807) is 24.7 Å². The van der Waals surface area contributed by atoms with Gasteiger partial charge in [-0.3, -0.25) is 0 Å². The van der Waals surface area contributed by atoms with Crippen LogP contribution >= 0.6 is 0 Å². The number of piperidine rings is 1. The van der Waals surface area contributed by atoms with E-state index in [4.69, 9.17) is 14.1 Å². The minimum atomic E-state index is -0.579. The molecule has 0 radical (unpaired) electrons. The van der Waals surface area contributed by atoms with Gasteiger partial charge >= 0.3 is 0 Å². The summed E-state index contributed by atoms with van der Waals surface area (Å²) in [6, 6.07) is 10.1. The Morgan fingerprint density at radius 2 is 2.03 bits per heavy atom. The van der Waals surface area contributed by atoms with E-state index in [-0.39, 0.29) is 23.9 Å². The Morgan fingerprint density at radius 1 is 1.18 bits per heavy atom. The van der Waals surface area contributed by atoms with Crippen LogP contribution in [0.5, 0.6) is 0 Å². The summed E-state index contributed by atoms with van der Waals surface area (Å²) in [6.07, 6.45) is 7.71. The predicted octanol–water partition coefficient (Wildman–Crippen LogP) is 4.01. The number of fused-ring (bicyclic) bond motifs is 2. The summed E-state index contributed by atoms with van der Waals surface area (Å²) < 4.78 is 27.0. The summed E-state index contributed by atoms with van der Waals surface area (Å²) in [5, 5.41) is 19.6. The molecular formula is C28H26FN5O4. The molecule has 4 aromatic rings. The quantitative estimate of drug-likeness (QED) is 0.439. The molecule has 2 unspecified atom stereocenters. The number of oxime groups is 1. The maximum Gasteiger partial charge on any atom is 0.191 e. The highest BCUT2D eigenvalue weighted by Gasteiger charge is 2.50. The van der Waals surface area contributed by atoms with Crippen LogP contribution in [0.15, 0.2) is 70.4 Å². The molecule has 0 saturated carbocycles. The zero-order chi connectivity index (χ0) is 25.9. The van der Waals surface area contributed by atoms with Gasteiger partial charge in [0.05, 0.1) is 55.2 Å². The predicted molar refractivity (Wildman–Crippen MR) is 137 cm³/mol. The Kier molecular flexibility index (Phi) is 5.34. The smallest absolute Gasteiger partial charge is 0.191 e. The van der Waals surface area contributed by atoms with Crippen LogP contribution in [0, 0.1) is 18.2 Å². The van der Waals surface area contributed by atoms with Crippen molar-refractivity contribution in [3.05, 3.63) is 83.3 Å². The molecule has 1 spiro atoms. The van der Waals surface area contributed by atoms with Crippen LogP contribution < -0.4 is 0 Å². The van der Waals surface area contributed by atoms with Gasteiger partial charge in [0.25, 0.3) is 0 Å². The number of halogens is 1. The van der Waals surface area contributed by atoms with E-state index in [9.17, 15) is 9.50 Å². The van der Waals surface area contributed by atoms with E-state index in [0.29, 0.717) is 31.2 Å². The number of rotatable bonds is 4. The van der Waals surface area contributed by atoms with Crippen molar-refractivity contribution in [3.8, 4) is 5.69 Å². The number of nitrogens with zero attached hydrogens (tertiary/aromatic N) is 5. The van der Waals surface area contributed by atoms with Crippen molar-refractivity contribution in [1.29, 1.82) is 0 Å². The molecule has 9 nitrogen and oxygen atoms in total. The van der Waals surface area contributed by atoms with Crippen LogP contribution in [0.2, 0.25) is 0 Å². The number of imidazole rings is 1. The van der Waals surface area contributed by atoms with Crippen LogP contribution in [0.1, 0.15) is 29.3 Å². The Morgan fingerprint density at radius 3 is 2.74 bits per heavy atom. The molecule has 3 aliphatic heterocycles. The second-order valence-electron chi connectivity index (χ2n) is 10.4. The van der Waals surface area contributed by atoms with Gasteiger partial charge < -0.3 is 28.7 Å². The van der Waals surface area contributed by atoms with Gasteiger partial charge in [-0.1, -0.05) is 28.5 Å². The van der Waals surface area contributed by atoms with Crippen molar-refractivity contribution >= 4 is 22.9 Å². The molecule has 2 atom stereocenters. The van der Waals surface area contributed by atoms with Crippen molar-refractivity contribution < 1.29 is 23.6 Å². The zero-order valence-electron chi connectivity index (χ0n) is 20.7. The normalized spacial score (nSPS) is 23.3. The molecule has 3 aliphatic rings. The molecular weight excluding hydrogens is 489 g/mol. The van der Waals surface area contributed by atoms with Crippen LogP contribution in [-0.4, -0.2) is 63.0 Å². The van der Waals surface area contributed by atoms with Gasteiger partial charge in [0.1, 0.15) is 5.82 Å². The Labute approximate surface area is 217 Å². The van der Waals surface area contributed by atoms with Gasteiger partial charge in [0, 0.05) is 18.2 Å². The first-order valence-corrected chi connectivity index (χ1v) is 12.6. The molecule has 2 saturated heterocycles. The van der Waals surface area contributed by atoms with E-state index >= 15 is 0 Å². The van der Waals surface area contributed by atoms with Gasteiger partial charge in [0.15, 0.2) is 17.5 Å². The SMILES string of the molecule is Cc1cn(-c2ccc(/C=C3\CC4(COC4)CN4C3=NOC(CO)C4c3ccc(F)cc3)c3cnoc23)cn1. The number of amidine groups is 1. The number of benzene rings is 2. The first-order chi connectivity index (χ1) is 18.5. The van der Waals surface area contributed by atoms with E-state index in [1.807, 2.05) is 29.8 Å². The van der Waals surface area contributed by atoms with Gasteiger partial charge in [-0.15, -0.1) is 0 Å². The third kappa shape index (κ3) is 3.71. The van der Waals surface area contributed by atoms with E-state index in [2.05, 4.69) is 26.3 Å². The number of hydrogen-bond donors (Lipinski definition) is 1. The number of aliphatic hydroxyl groups is 1. The van der Waals surface area contributed by atoms with Crippen LogP contribution in [0.4, 0.5) is 4.39 Å². The van der Waals surface area contributed by atoms with Crippen molar-refractivity contribution in [2.45, 2.75) is 25.5 Å². The Balaban J connectivity index is 1.33. The monoisotopic (exact) mass is 515 g/mol. The lowest BCUT2D eigenvalue weighted by atomic mass is 9.74. The maximum absolute atomic E-state index is 13.7. The third-order valence-electron chi connectivity index (χ3n) is 7.66. The topological polar surface area (TPSA) is 98.1 Å². The van der Waals surface area contributed by atoms with Crippen LogP contribution in [-0.2, 0) is 9.57 Å². The lowest BCUT2D eigenvalue weighted by Gasteiger charge is -2.53. The third-order valence-corrected chi connectivity index (χ3v) is 7.66. The fourth-order valence-electron chi connectivity index (χ4n) is 5.80. The summed E-state index contributed by atoms with van der Waals surface area (Å²) in [5.41, 5.74) is 5.15. The standard InChI is InChI=1S/C28H26FN5O4/c1-17-11-33(16-30-17)23-7-4-19(22-10-31-38-26(22)23)8-20-9-28(14-36-15-28)13-34-25(18-2-5-21(29)6-3-18)24(12-35)37-32-27(20)34/h2-8,10-11,16,24-25,35H,9,12-15H2,1H3/b20-8+. The lowest BCUT2D eigenvalue weighted by Crippen LogP contribution is -2.60. The maximum atomic E-state index is 13.7. The highest BCUT2D eigenvalue weighted by atomic mass is 19.1. The average molecular weight is 516 g/mol. The fraction of sp³-hybridized carbons (Fsp3) is 0.321. The highest BCUT2D eigenvalue weighted by molar-refractivity contribution is 6.05. The van der Waals surface area contributed by atoms with E-state index < -0.39 is 6.10 Å². The van der Waals surface area contributed by atoms with Crippen LogP contribution in [0.3, 0.4) is 0 Å². The Hall–Kier alpha value is -4.02. The van der Waals surface area contributed by atoms with E-state index in [1.165, 1.54) is 12.1 Å². The molecule has 10 heteroatoms. The molecule has 2 fully saturated rings. The summed E-state index contributed by atoms with van der Waals surface area (Å²) in [4.78, 5) is 12.3. The molecule has 2 aromatic carbocycles. The molecule has 2 aromatic heterocycles. The van der Waals surface area contributed by atoms with Gasteiger partial charge in [0.2, 0.25) is 0 Å². The van der Waals surface area contributed by atoms with E-state index in [0.717, 1.165) is 39.9 Å². The summed E-state index contributed by atoms with van der Waals surface area (Å²) in [5.74, 6) is 0.399. The highest BCUT2D eigenvalue weighted by Crippen LogP contribution is 2.46. The molecule has 7 rings (SSSR count). The zero-order valence-corrected chi connectivity index (χ0v) is 20.7. The second-order valence-corrected chi connectivity index (χ2v) is 10.4. The van der Waals surface area contributed by atoms with Gasteiger partial charge in [-0.2, -0.15) is 0 Å². The first kappa shape index (κ1) is 23.1. The van der Waals surface area contributed by atoms with Gasteiger partial charge in [-0.05, 0) is 54.3 Å². The van der Waals surface area contributed by atoms with Crippen molar-refractivity contribution in [2.24, 2.45) is 10.6 Å². The van der Waals surface area contributed by atoms with Crippen molar-refractivity contribution in [2.75, 3.05) is 26.4 Å². The number of hydrogen-bond acceptors (Lipinski definition) is 8. The summed E-state index contributed by atoms with van der Waals surface area (Å²) >= 11 is 0.